The van der Waals surface area contributed by atoms with Gasteiger partial charge in [-0.25, -0.2) is 0 Å². The molecule has 1 aromatic heterocycles. The van der Waals surface area contributed by atoms with Gasteiger partial charge in [0, 0.05) is 6.42 Å². The predicted octanol–water partition coefficient (Wildman–Crippen LogP) is 1.29. The minimum atomic E-state index is 0.250. The van der Waals surface area contributed by atoms with Gasteiger partial charge in [0.1, 0.15) is 5.78 Å². The van der Waals surface area contributed by atoms with Crippen LogP contribution in [0.2, 0.25) is 0 Å². The number of hydrogen-bond donors (Lipinski definition) is 0. The largest absolute Gasteiger partial charge is 0.299 e. The molecule has 0 saturated heterocycles. The summed E-state index contributed by atoms with van der Waals surface area (Å²) >= 11 is 0. The van der Waals surface area contributed by atoms with Crippen molar-refractivity contribution in [2.75, 3.05) is 0 Å². The molecular formula is C11H18N4O. The Labute approximate surface area is 95.2 Å². The van der Waals surface area contributed by atoms with Crippen LogP contribution in [0.1, 0.15) is 44.3 Å². The van der Waals surface area contributed by atoms with Crippen LogP contribution in [-0.4, -0.2) is 26.0 Å². The highest BCUT2D eigenvalue weighted by Gasteiger charge is 2.18. The molecule has 0 N–H and O–H groups in total. The van der Waals surface area contributed by atoms with Crippen molar-refractivity contribution in [1.82, 2.24) is 20.2 Å². The maximum absolute atomic E-state index is 11.8. The summed E-state index contributed by atoms with van der Waals surface area (Å²) in [5.74, 6) is 1.39. The fraction of sp³-hybridized carbons (Fsp3) is 0.818. The van der Waals surface area contributed by atoms with Crippen molar-refractivity contribution in [2.24, 2.45) is 13.0 Å². The molecule has 1 heterocycles. The number of nitrogens with zero attached hydrogens (tertiary/aromatic N) is 4. The molecule has 0 amide bonds. The van der Waals surface area contributed by atoms with Crippen LogP contribution in [0.5, 0.6) is 0 Å². The van der Waals surface area contributed by atoms with Crippen LogP contribution in [0.4, 0.5) is 0 Å². The second-order valence-electron chi connectivity index (χ2n) is 4.62. The fourth-order valence-electron chi connectivity index (χ4n) is 2.36. The number of hydrogen-bond acceptors (Lipinski definition) is 4. The summed E-state index contributed by atoms with van der Waals surface area (Å²) in [6.45, 7) is 0. The van der Waals surface area contributed by atoms with E-state index in [0.717, 1.165) is 0 Å². The lowest BCUT2D eigenvalue weighted by Gasteiger charge is -2.20. The zero-order chi connectivity index (χ0) is 11.4. The molecule has 1 aromatic rings. The highest BCUT2D eigenvalue weighted by molar-refractivity contribution is 5.80. The van der Waals surface area contributed by atoms with Crippen molar-refractivity contribution >= 4 is 5.78 Å². The summed E-state index contributed by atoms with van der Waals surface area (Å²) in [5, 5.41) is 11.6. The summed E-state index contributed by atoms with van der Waals surface area (Å²) in [7, 11) is 1.71. The van der Waals surface area contributed by atoms with Crippen molar-refractivity contribution in [3.8, 4) is 0 Å². The number of aromatic nitrogens is 4. The predicted molar refractivity (Wildman–Crippen MR) is 58.7 cm³/mol. The van der Waals surface area contributed by atoms with E-state index in [2.05, 4.69) is 15.4 Å². The van der Waals surface area contributed by atoms with Gasteiger partial charge in [0.15, 0.2) is 5.82 Å². The van der Waals surface area contributed by atoms with Crippen LogP contribution >= 0.6 is 0 Å². The number of carbonyl (C=O) groups excluding carboxylic acids is 1. The van der Waals surface area contributed by atoms with E-state index in [0.29, 0.717) is 24.6 Å². The van der Waals surface area contributed by atoms with Crippen LogP contribution in [0, 0.1) is 5.92 Å². The average molecular weight is 222 g/mol. The number of tetrazole rings is 1. The van der Waals surface area contributed by atoms with E-state index in [4.69, 9.17) is 0 Å². The second kappa shape index (κ2) is 5.18. The average Bonchev–Trinajstić information content (AvgIpc) is 2.65. The van der Waals surface area contributed by atoms with Gasteiger partial charge in [-0.2, -0.15) is 4.80 Å². The first kappa shape index (κ1) is 11.2. The third-order valence-corrected chi connectivity index (χ3v) is 3.15. The molecule has 16 heavy (non-hydrogen) atoms. The Hall–Kier alpha value is -1.26. The molecule has 0 bridgehead atoms. The normalized spacial score (nSPS) is 17.6. The Morgan fingerprint density at radius 3 is 2.75 bits per heavy atom. The quantitative estimate of drug-likeness (QED) is 0.770. The SMILES string of the molecule is Cn1nnc(CC(=O)CC2CCCCC2)n1. The smallest absolute Gasteiger partial charge is 0.182 e. The summed E-state index contributed by atoms with van der Waals surface area (Å²) in [4.78, 5) is 13.2. The van der Waals surface area contributed by atoms with E-state index >= 15 is 0 Å². The highest BCUT2D eigenvalue weighted by Crippen LogP contribution is 2.26. The first-order chi connectivity index (χ1) is 7.74. The van der Waals surface area contributed by atoms with Gasteiger partial charge >= 0.3 is 0 Å². The number of Topliss-reactive ketones (excluding diaryl/α,β-unsaturated/α-hetero) is 1. The molecule has 5 nitrogen and oxygen atoms in total. The number of ketones is 1. The third kappa shape index (κ3) is 3.12. The van der Waals surface area contributed by atoms with E-state index in [1.807, 2.05) is 0 Å². The van der Waals surface area contributed by atoms with E-state index in [1.165, 1.54) is 36.9 Å². The highest BCUT2D eigenvalue weighted by atomic mass is 16.1. The van der Waals surface area contributed by atoms with Crippen LogP contribution in [-0.2, 0) is 18.3 Å². The molecular weight excluding hydrogens is 204 g/mol. The van der Waals surface area contributed by atoms with Crippen LogP contribution in [0.15, 0.2) is 0 Å². The van der Waals surface area contributed by atoms with Crippen LogP contribution in [0.25, 0.3) is 0 Å². The van der Waals surface area contributed by atoms with Crippen molar-refractivity contribution in [2.45, 2.75) is 44.9 Å². The summed E-state index contributed by atoms with van der Waals surface area (Å²) in [6.07, 6.45) is 7.33. The lowest BCUT2D eigenvalue weighted by Crippen LogP contribution is -2.14. The zero-order valence-electron chi connectivity index (χ0n) is 9.72. The molecule has 0 aromatic carbocycles. The van der Waals surface area contributed by atoms with Gasteiger partial charge in [0.25, 0.3) is 0 Å². The fourth-order valence-corrected chi connectivity index (χ4v) is 2.36. The summed E-state index contributed by atoms with van der Waals surface area (Å²) in [5.41, 5.74) is 0. The van der Waals surface area contributed by atoms with Gasteiger partial charge < -0.3 is 0 Å². The molecule has 1 aliphatic carbocycles. The minimum absolute atomic E-state index is 0.250. The van der Waals surface area contributed by atoms with Gasteiger partial charge in [-0.3, -0.25) is 4.79 Å². The van der Waals surface area contributed by atoms with Gasteiger partial charge in [-0.15, -0.1) is 10.2 Å². The summed E-state index contributed by atoms with van der Waals surface area (Å²) < 4.78 is 0. The Bertz CT molecular complexity index is 355. The lowest BCUT2D eigenvalue weighted by atomic mass is 9.85. The number of carbonyl (C=O) groups is 1. The van der Waals surface area contributed by atoms with Gasteiger partial charge in [-0.1, -0.05) is 32.1 Å². The molecule has 1 fully saturated rings. The maximum Gasteiger partial charge on any atom is 0.182 e. The van der Waals surface area contributed by atoms with E-state index in [9.17, 15) is 4.79 Å². The molecule has 0 aliphatic heterocycles. The standard InChI is InChI=1S/C11H18N4O/c1-15-13-11(12-14-15)8-10(16)7-9-5-3-2-4-6-9/h9H,2-8H2,1H3. The topological polar surface area (TPSA) is 60.7 Å². The van der Waals surface area contributed by atoms with Gasteiger partial charge in [0.2, 0.25) is 0 Å². The molecule has 88 valence electrons. The number of aryl methyl sites for hydroxylation is 1. The van der Waals surface area contributed by atoms with Crippen molar-refractivity contribution < 1.29 is 4.79 Å². The monoisotopic (exact) mass is 222 g/mol. The van der Waals surface area contributed by atoms with Crippen molar-refractivity contribution in [1.29, 1.82) is 0 Å². The number of rotatable bonds is 4. The van der Waals surface area contributed by atoms with Crippen LogP contribution in [0.3, 0.4) is 0 Å². The molecule has 5 heteroatoms. The summed E-state index contributed by atoms with van der Waals surface area (Å²) in [6, 6.07) is 0. The molecule has 0 atom stereocenters. The van der Waals surface area contributed by atoms with Crippen molar-refractivity contribution in [3.63, 3.8) is 0 Å². The van der Waals surface area contributed by atoms with E-state index in [-0.39, 0.29) is 5.78 Å². The first-order valence-electron chi connectivity index (χ1n) is 5.98. The minimum Gasteiger partial charge on any atom is -0.299 e. The first-order valence-corrected chi connectivity index (χ1v) is 5.98. The molecule has 1 saturated carbocycles. The Balaban J connectivity index is 1.79. The second-order valence-corrected chi connectivity index (χ2v) is 4.62. The van der Waals surface area contributed by atoms with Crippen LogP contribution < -0.4 is 0 Å². The zero-order valence-corrected chi connectivity index (χ0v) is 9.72. The molecule has 0 spiro atoms. The van der Waals surface area contributed by atoms with E-state index in [1.54, 1.807) is 7.05 Å². The molecule has 1 aliphatic rings. The van der Waals surface area contributed by atoms with Crippen molar-refractivity contribution in [3.05, 3.63) is 5.82 Å². The van der Waals surface area contributed by atoms with E-state index < -0.39 is 0 Å². The maximum atomic E-state index is 11.8. The molecule has 0 radical (unpaired) electrons. The van der Waals surface area contributed by atoms with Gasteiger partial charge in [0.05, 0.1) is 13.5 Å². The Morgan fingerprint density at radius 1 is 1.38 bits per heavy atom. The van der Waals surface area contributed by atoms with Gasteiger partial charge in [-0.05, 0) is 11.1 Å². The molecule has 0 unspecified atom stereocenters. The third-order valence-electron chi connectivity index (χ3n) is 3.15. The Kier molecular flexibility index (Phi) is 3.64. The lowest BCUT2D eigenvalue weighted by molar-refractivity contribution is -0.119. The molecule has 2 rings (SSSR count). The Morgan fingerprint density at radius 2 is 2.12 bits per heavy atom.